The van der Waals surface area contributed by atoms with Crippen LogP contribution in [0.25, 0.3) is 33.3 Å². The van der Waals surface area contributed by atoms with E-state index in [1.54, 1.807) is 17.7 Å². The summed E-state index contributed by atoms with van der Waals surface area (Å²) in [4.78, 5) is 32.3. The molecule has 4 aromatic rings. The Kier molecular flexibility index (Phi) is 5.29. The van der Waals surface area contributed by atoms with Gasteiger partial charge in [0.1, 0.15) is 17.0 Å². The van der Waals surface area contributed by atoms with E-state index in [1.165, 1.54) is 12.8 Å². The summed E-state index contributed by atoms with van der Waals surface area (Å²) in [6.07, 6.45) is 6.35. The maximum absolute atomic E-state index is 14.0. The zero-order valence-electron chi connectivity index (χ0n) is 18.5. The van der Waals surface area contributed by atoms with E-state index in [-0.39, 0.29) is 22.4 Å². The maximum Gasteiger partial charge on any atom is 0.267 e. The number of hydrogen-bond donors (Lipinski definition) is 0. The number of ether oxygens (including phenoxy) is 1. The van der Waals surface area contributed by atoms with Crippen LogP contribution in [0.4, 0.5) is 0 Å². The lowest BCUT2D eigenvalue weighted by Crippen LogP contribution is -2.32. The summed E-state index contributed by atoms with van der Waals surface area (Å²) in [6, 6.07) is 15.0. The molecule has 5 rings (SSSR count). The Balaban J connectivity index is 1.88. The van der Waals surface area contributed by atoms with Gasteiger partial charge in [0.05, 0.1) is 12.6 Å². The molecule has 0 atom stereocenters. The zero-order valence-corrected chi connectivity index (χ0v) is 18.5. The molecular weight excluding hydrogens is 402 g/mol. The number of benzene rings is 2. The Morgan fingerprint density at radius 2 is 1.62 bits per heavy atom. The van der Waals surface area contributed by atoms with Crippen LogP contribution in [0.15, 0.2) is 58.1 Å². The smallest absolute Gasteiger partial charge is 0.267 e. The van der Waals surface area contributed by atoms with Gasteiger partial charge in [0.2, 0.25) is 5.43 Å². The van der Waals surface area contributed by atoms with Crippen molar-refractivity contribution in [2.24, 2.45) is 7.05 Å². The molecule has 1 aliphatic rings. The standard InChI is InChI=1S/C26H27N3O3/c1-28-21-12-8-7-11-20(21)23(30)22-25(28)27-24(17-13-15-19(32-2)16-14-17)29(26(22)31)18-9-5-3-4-6-10-18/h7-8,11-16,18H,3-6,9-10H2,1-2H3. The fraction of sp³-hybridized carbons (Fsp3) is 0.346. The second kappa shape index (κ2) is 8.26. The third kappa shape index (κ3) is 3.30. The monoisotopic (exact) mass is 429 g/mol. The molecule has 1 saturated carbocycles. The summed E-state index contributed by atoms with van der Waals surface area (Å²) < 4.78 is 8.97. The zero-order chi connectivity index (χ0) is 22.2. The first-order valence-electron chi connectivity index (χ1n) is 11.3. The molecule has 6 nitrogen and oxygen atoms in total. The number of hydrogen-bond acceptors (Lipinski definition) is 4. The van der Waals surface area contributed by atoms with Gasteiger partial charge in [0.25, 0.3) is 5.56 Å². The van der Waals surface area contributed by atoms with E-state index in [9.17, 15) is 9.59 Å². The van der Waals surface area contributed by atoms with E-state index in [1.807, 2.05) is 54.1 Å². The van der Waals surface area contributed by atoms with Crippen LogP contribution in [0.2, 0.25) is 0 Å². The summed E-state index contributed by atoms with van der Waals surface area (Å²) in [6.45, 7) is 0. The second-order valence-electron chi connectivity index (χ2n) is 8.59. The van der Waals surface area contributed by atoms with E-state index in [2.05, 4.69) is 0 Å². The molecule has 0 bridgehead atoms. The van der Waals surface area contributed by atoms with Gasteiger partial charge in [0.15, 0.2) is 5.65 Å². The number of rotatable bonds is 3. The molecule has 2 heterocycles. The summed E-state index contributed by atoms with van der Waals surface area (Å²) in [5.41, 5.74) is 1.56. The number of aryl methyl sites for hydroxylation is 1. The lowest BCUT2D eigenvalue weighted by atomic mass is 10.1. The number of pyridine rings is 1. The van der Waals surface area contributed by atoms with Crippen molar-refractivity contribution < 1.29 is 4.74 Å². The molecule has 2 aromatic carbocycles. The average molecular weight is 430 g/mol. The fourth-order valence-electron chi connectivity index (χ4n) is 4.97. The van der Waals surface area contributed by atoms with Crippen molar-refractivity contribution in [2.75, 3.05) is 7.11 Å². The Hall–Kier alpha value is -3.41. The Morgan fingerprint density at radius 3 is 2.31 bits per heavy atom. The predicted octanol–water partition coefficient (Wildman–Crippen LogP) is 4.82. The lowest BCUT2D eigenvalue weighted by Gasteiger charge is -2.23. The van der Waals surface area contributed by atoms with E-state index >= 15 is 0 Å². The lowest BCUT2D eigenvalue weighted by molar-refractivity contribution is 0.414. The summed E-state index contributed by atoms with van der Waals surface area (Å²) >= 11 is 0. The highest BCUT2D eigenvalue weighted by Gasteiger charge is 2.24. The van der Waals surface area contributed by atoms with Crippen molar-refractivity contribution in [1.29, 1.82) is 0 Å². The molecule has 0 aliphatic heterocycles. The van der Waals surface area contributed by atoms with Gasteiger partial charge >= 0.3 is 0 Å². The normalized spacial score (nSPS) is 15.2. The molecule has 0 spiro atoms. The topological polar surface area (TPSA) is 66.1 Å². The van der Waals surface area contributed by atoms with Crippen LogP contribution in [0, 0.1) is 0 Å². The summed E-state index contributed by atoms with van der Waals surface area (Å²) in [7, 11) is 3.50. The van der Waals surface area contributed by atoms with Crippen molar-refractivity contribution in [2.45, 2.75) is 44.6 Å². The van der Waals surface area contributed by atoms with Crippen molar-refractivity contribution in [3.63, 3.8) is 0 Å². The Bertz CT molecular complexity index is 1410. The number of fused-ring (bicyclic) bond motifs is 2. The van der Waals surface area contributed by atoms with Gasteiger partial charge in [-0.1, -0.05) is 37.8 Å². The Morgan fingerprint density at radius 1 is 0.938 bits per heavy atom. The molecule has 0 saturated heterocycles. The molecule has 0 amide bonds. The minimum Gasteiger partial charge on any atom is -0.497 e. The van der Waals surface area contributed by atoms with Gasteiger partial charge in [-0.15, -0.1) is 0 Å². The molecule has 1 fully saturated rings. The van der Waals surface area contributed by atoms with Crippen molar-refractivity contribution >= 4 is 21.9 Å². The molecule has 32 heavy (non-hydrogen) atoms. The largest absolute Gasteiger partial charge is 0.497 e. The fourth-order valence-corrected chi connectivity index (χ4v) is 4.97. The summed E-state index contributed by atoms with van der Waals surface area (Å²) in [5, 5.41) is 0.721. The molecule has 1 aliphatic carbocycles. The quantitative estimate of drug-likeness (QED) is 0.346. The number of methoxy groups -OCH3 is 1. The SMILES string of the molecule is COc1ccc(-c2nc3c(c(=O)c4ccccc4n3C)c(=O)n2C2CCCCCC2)cc1. The minimum absolute atomic E-state index is 0.0372. The number of nitrogens with zero attached hydrogens (tertiary/aromatic N) is 3. The molecule has 0 N–H and O–H groups in total. The van der Waals surface area contributed by atoms with E-state index in [0.29, 0.717) is 16.9 Å². The Labute approximate surface area is 186 Å². The molecule has 164 valence electrons. The van der Waals surface area contributed by atoms with E-state index in [0.717, 1.165) is 42.5 Å². The van der Waals surface area contributed by atoms with Gasteiger partial charge in [-0.25, -0.2) is 4.98 Å². The molecular formula is C26H27N3O3. The van der Waals surface area contributed by atoms with Crippen LogP contribution in [-0.2, 0) is 7.05 Å². The van der Waals surface area contributed by atoms with Gasteiger partial charge in [-0.3, -0.25) is 14.2 Å². The van der Waals surface area contributed by atoms with Crippen LogP contribution in [0.3, 0.4) is 0 Å². The second-order valence-corrected chi connectivity index (χ2v) is 8.59. The third-order valence-corrected chi connectivity index (χ3v) is 6.69. The average Bonchev–Trinajstić information content (AvgIpc) is 3.11. The van der Waals surface area contributed by atoms with Gasteiger partial charge in [0, 0.05) is 24.0 Å². The van der Waals surface area contributed by atoms with Crippen molar-refractivity contribution in [1.82, 2.24) is 14.1 Å². The molecule has 6 heteroatoms. The minimum atomic E-state index is -0.241. The van der Waals surface area contributed by atoms with Crippen LogP contribution < -0.4 is 15.7 Å². The van der Waals surface area contributed by atoms with Crippen LogP contribution >= 0.6 is 0 Å². The van der Waals surface area contributed by atoms with Gasteiger partial charge in [-0.2, -0.15) is 0 Å². The first-order valence-corrected chi connectivity index (χ1v) is 11.3. The first-order chi connectivity index (χ1) is 15.6. The van der Waals surface area contributed by atoms with E-state index in [4.69, 9.17) is 9.72 Å². The molecule has 2 aromatic heterocycles. The highest BCUT2D eigenvalue weighted by atomic mass is 16.5. The molecule has 0 radical (unpaired) electrons. The van der Waals surface area contributed by atoms with Gasteiger partial charge in [-0.05, 0) is 49.2 Å². The van der Waals surface area contributed by atoms with Crippen LogP contribution in [0.1, 0.15) is 44.6 Å². The van der Waals surface area contributed by atoms with Crippen molar-refractivity contribution in [3.05, 3.63) is 69.1 Å². The first kappa shape index (κ1) is 20.5. The highest BCUT2D eigenvalue weighted by Crippen LogP contribution is 2.31. The van der Waals surface area contributed by atoms with Gasteiger partial charge < -0.3 is 9.30 Å². The highest BCUT2D eigenvalue weighted by molar-refractivity contribution is 5.91. The van der Waals surface area contributed by atoms with E-state index < -0.39 is 0 Å². The summed E-state index contributed by atoms with van der Waals surface area (Å²) in [5.74, 6) is 1.36. The van der Waals surface area contributed by atoms with Crippen molar-refractivity contribution in [3.8, 4) is 17.1 Å². The number of para-hydroxylation sites is 1. The number of aromatic nitrogens is 3. The molecule has 0 unspecified atom stereocenters. The predicted molar refractivity (Wildman–Crippen MR) is 127 cm³/mol. The van der Waals surface area contributed by atoms with Crippen LogP contribution in [-0.4, -0.2) is 21.2 Å². The van der Waals surface area contributed by atoms with Crippen LogP contribution in [0.5, 0.6) is 5.75 Å². The maximum atomic E-state index is 14.0. The third-order valence-electron chi connectivity index (χ3n) is 6.69.